The van der Waals surface area contributed by atoms with Crippen molar-refractivity contribution in [3.8, 4) is 0 Å². The molecule has 2 aliphatic heterocycles. The summed E-state index contributed by atoms with van der Waals surface area (Å²) < 4.78 is 11.1. The van der Waals surface area contributed by atoms with Gasteiger partial charge in [0, 0.05) is 19.0 Å². The summed E-state index contributed by atoms with van der Waals surface area (Å²) in [6, 6.07) is 0. The van der Waals surface area contributed by atoms with Gasteiger partial charge in [0.05, 0.1) is 6.61 Å². The van der Waals surface area contributed by atoms with Crippen LogP contribution in [-0.2, 0) is 4.74 Å². The van der Waals surface area contributed by atoms with Gasteiger partial charge in [0.1, 0.15) is 6.10 Å². The van der Waals surface area contributed by atoms with Gasteiger partial charge in [-0.3, -0.25) is 0 Å². The number of aromatic nitrogens is 2. The van der Waals surface area contributed by atoms with Crippen LogP contribution in [0.2, 0.25) is 0 Å². The average molecular weight is 252 g/mol. The molecule has 2 saturated heterocycles. The summed E-state index contributed by atoms with van der Waals surface area (Å²) in [6.07, 6.45) is -0.0482. The maximum absolute atomic E-state index is 5.69. The first-order valence-corrected chi connectivity index (χ1v) is 6.58. The number of nitrogens with zero attached hydrogens (tertiary/aromatic N) is 3. The second-order valence-electron chi connectivity index (χ2n) is 5.32. The molecule has 3 rings (SSSR count). The first kappa shape index (κ1) is 12.1. The molecule has 1 aromatic heterocycles. The highest BCUT2D eigenvalue weighted by atomic mass is 16.5. The molecule has 0 radical (unpaired) electrons. The van der Waals surface area contributed by atoms with Crippen molar-refractivity contribution >= 4 is 0 Å². The van der Waals surface area contributed by atoms with E-state index < -0.39 is 0 Å². The lowest BCUT2D eigenvalue weighted by molar-refractivity contribution is -0.0264. The van der Waals surface area contributed by atoms with Crippen LogP contribution in [0.25, 0.3) is 0 Å². The predicted molar refractivity (Wildman–Crippen MR) is 65.3 cm³/mol. The summed E-state index contributed by atoms with van der Waals surface area (Å²) in [5.41, 5.74) is 0. The Labute approximate surface area is 107 Å². The number of hydrogen-bond donors (Lipinski definition) is 1. The van der Waals surface area contributed by atoms with Crippen LogP contribution in [0.1, 0.15) is 30.7 Å². The highest BCUT2D eigenvalue weighted by molar-refractivity contribution is 5.01. The van der Waals surface area contributed by atoms with Gasteiger partial charge in [-0.15, -0.1) is 0 Å². The summed E-state index contributed by atoms with van der Waals surface area (Å²) in [7, 11) is 2.08. The zero-order valence-corrected chi connectivity index (χ0v) is 10.9. The first-order valence-electron chi connectivity index (χ1n) is 6.58. The van der Waals surface area contributed by atoms with Crippen LogP contribution in [0, 0.1) is 5.92 Å². The van der Waals surface area contributed by atoms with Crippen molar-refractivity contribution in [3.63, 3.8) is 0 Å². The molecule has 1 N–H and O–H groups in total. The fraction of sp³-hybridized carbons (Fsp3) is 0.833. The zero-order chi connectivity index (χ0) is 12.5. The molecule has 0 aliphatic carbocycles. The number of rotatable bonds is 3. The topological polar surface area (TPSA) is 63.4 Å². The summed E-state index contributed by atoms with van der Waals surface area (Å²) in [6.45, 7) is 6.76. The maximum atomic E-state index is 5.69. The Balaban J connectivity index is 1.68. The predicted octanol–water partition coefficient (Wildman–Crippen LogP) is 0.396. The van der Waals surface area contributed by atoms with Crippen molar-refractivity contribution in [2.45, 2.75) is 18.9 Å². The second kappa shape index (κ2) is 4.95. The molecule has 100 valence electrons. The van der Waals surface area contributed by atoms with Crippen molar-refractivity contribution in [3.05, 3.63) is 11.7 Å². The third kappa shape index (κ3) is 2.28. The first-order chi connectivity index (χ1) is 8.74. The zero-order valence-electron chi connectivity index (χ0n) is 10.9. The Bertz CT molecular complexity index is 405. The molecule has 6 nitrogen and oxygen atoms in total. The van der Waals surface area contributed by atoms with Crippen LogP contribution < -0.4 is 5.32 Å². The third-order valence-electron chi connectivity index (χ3n) is 3.92. The highest BCUT2D eigenvalue weighted by Gasteiger charge is 2.30. The van der Waals surface area contributed by atoms with Crippen molar-refractivity contribution in [1.29, 1.82) is 0 Å². The highest BCUT2D eigenvalue weighted by Crippen LogP contribution is 2.27. The largest absolute Gasteiger partial charge is 0.367 e. The smallest absolute Gasteiger partial charge is 0.229 e. The quantitative estimate of drug-likeness (QED) is 0.840. The van der Waals surface area contributed by atoms with Gasteiger partial charge < -0.3 is 19.5 Å². The second-order valence-corrected chi connectivity index (χ2v) is 5.32. The molecule has 2 fully saturated rings. The number of hydrogen-bond acceptors (Lipinski definition) is 6. The monoisotopic (exact) mass is 252 g/mol. The van der Waals surface area contributed by atoms with E-state index in [-0.39, 0.29) is 6.10 Å². The standard InChI is InChI=1S/C12H20N4O2/c1-8(9-5-13-6-9)12-14-11(15-18-12)10-7-16(2)3-4-17-10/h8-10,13H,3-7H2,1-2H3. The number of likely N-dealkylation sites (N-methyl/N-ethyl adjacent to an activating group) is 1. The van der Waals surface area contributed by atoms with E-state index in [1.54, 1.807) is 0 Å². The van der Waals surface area contributed by atoms with Gasteiger partial charge in [0.2, 0.25) is 11.7 Å². The van der Waals surface area contributed by atoms with E-state index in [0.29, 0.717) is 17.7 Å². The van der Waals surface area contributed by atoms with E-state index in [1.165, 1.54) is 0 Å². The van der Waals surface area contributed by atoms with Gasteiger partial charge in [0.15, 0.2) is 0 Å². The summed E-state index contributed by atoms with van der Waals surface area (Å²) in [4.78, 5) is 6.74. The van der Waals surface area contributed by atoms with E-state index in [9.17, 15) is 0 Å². The molecule has 0 bridgehead atoms. The van der Waals surface area contributed by atoms with Crippen LogP contribution >= 0.6 is 0 Å². The molecule has 0 spiro atoms. The van der Waals surface area contributed by atoms with Crippen molar-refractivity contribution < 1.29 is 9.26 Å². The number of ether oxygens (including phenoxy) is 1. The minimum atomic E-state index is -0.0482. The van der Waals surface area contributed by atoms with Crippen LogP contribution in [0.5, 0.6) is 0 Å². The van der Waals surface area contributed by atoms with Crippen molar-refractivity contribution in [2.75, 3.05) is 39.8 Å². The number of morpholine rings is 1. The molecule has 2 aliphatic rings. The molecule has 2 atom stereocenters. The average Bonchev–Trinajstić information content (AvgIpc) is 2.75. The molecular formula is C12H20N4O2. The summed E-state index contributed by atoms with van der Waals surface area (Å²) in [5.74, 6) is 2.38. The van der Waals surface area contributed by atoms with E-state index in [4.69, 9.17) is 9.26 Å². The van der Waals surface area contributed by atoms with E-state index >= 15 is 0 Å². The molecule has 0 aromatic carbocycles. The van der Waals surface area contributed by atoms with Crippen LogP contribution in [0.3, 0.4) is 0 Å². The fourth-order valence-electron chi connectivity index (χ4n) is 2.36. The fourth-order valence-corrected chi connectivity index (χ4v) is 2.36. The normalized spacial score (nSPS) is 28.0. The molecule has 0 amide bonds. The number of nitrogens with one attached hydrogen (secondary N) is 1. The van der Waals surface area contributed by atoms with E-state index in [1.807, 2.05) is 0 Å². The molecule has 0 saturated carbocycles. The van der Waals surface area contributed by atoms with Gasteiger partial charge in [-0.1, -0.05) is 12.1 Å². The van der Waals surface area contributed by atoms with Gasteiger partial charge in [-0.2, -0.15) is 4.98 Å². The summed E-state index contributed by atoms with van der Waals surface area (Å²) >= 11 is 0. The molecule has 18 heavy (non-hydrogen) atoms. The van der Waals surface area contributed by atoms with Gasteiger partial charge in [-0.25, -0.2) is 0 Å². The molecular weight excluding hydrogens is 232 g/mol. The Morgan fingerprint density at radius 3 is 2.94 bits per heavy atom. The maximum Gasteiger partial charge on any atom is 0.229 e. The van der Waals surface area contributed by atoms with Crippen molar-refractivity contribution in [2.24, 2.45) is 5.92 Å². The van der Waals surface area contributed by atoms with E-state index in [2.05, 4.69) is 34.3 Å². The third-order valence-corrected chi connectivity index (χ3v) is 3.92. The lowest BCUT2D eigenvalue weighted by Gasteiger charge is -2.30. The summed E-state index contributed by atoms with van der Waals surface area (Å²) in [5, 5.41) is 7.34. The SMILES string of the molecule is CC(c1nc(C2CN(C)CCO2)no1)C1CNC1. The van der Waals surface area contributed by atoms with Crippen LogP contribution in [0.15, 0.2) is 4.52 Å². The molecule has 3 heterocycles. The minimum absolute atomic E-state index is 0.0482. The Kier molecular flexibility index (Phi) is 3.32. The Morgan fingerprint density at radius 2 is 2.28 bits per heavy atom. The molecule has 1 aromatic rings. The lowest BCUT2D eigenvalue weighted by atomic mass is 9.89. The van der Waals surface area contributed by atoms with Gasteiger partial charge in [-0.05, 0) is 26.1 Å². The van der Waals surface area contributed by atoms with E-state index in [0.717, 1.165) is 38.7 Å². The van der Waals surface area contributed by atoms with Gasteiger partial charge >= 0.3 is 0 Å². The Morgan fingerprint density at radius 1 is 1.44 bits per heavy atom. The minimum Gasteiger partial charge on any atom is -0.367 e. The molecule has 6 heteroatoms. The lowest BCUT2D eigenvalue weighted by Crippen LogP contribution is -2.44. The van der Waals surface area contributed by atoms with Crippen LogP contribution in [0.4, 0.5) is 0 Å². The van der Waals surface area contributed by atoms with Gasteiger partial charge in [0.25, 0.3) is 0 Å². The molecule has 2 unspecified atom stereocenters. The van der Waals surface area contributed by atoms with Crippen molar-refractivity contribution in [1.82, 2.24) is 20.4 Å². The Hall–Kier alpha value is -0.980. The van der Waals surface area contributed by atoms with Crippen LogP contribution in [-0.4, -0.2) is 54.9 Å².